The van der Waals surface area contributed by atoms with Gasteiger partial charge in [-0.05, 0) is 19.9 Å². The molecule has 0 aromatic rings. The second-order valence-corrected chi connectivity index (χ2v) is 3.42. The molecule has 4 nitrogen and oxygen atoms in total. The van der Waals surface area contributed by atoms with Gasteiger partial charge in [-0.2, -0.15) is 0 Å². The third-order valence-electron chi connectivity index (χ3n) is 2.11. The monoisotopic (exact) mass is 219 g/mol. The first-order valence-corrected chi connectivity index (χ1v) is 5.68. The molecule has 4 heteroatoms. The van der Waals surface area contributed by atoms with Crippen molar-refractivity contribution in [3.63, 3.8) is 0 Å². The molecule has 0 saturated carbocycles. The lowest BCUT2D eigenvalue weighted by Crippen LogP contribution is -2.26. The minimum atomic E-state index is 0.328. The molecule has 1 N–H and O–H groups in total. The van der Waals surface area contributed by atoms with Crippen molar-refractivity contribution in [3.05, 3.63) is 0 Å². The van der Waals surface area contributed by atoms with Gasteiger partial charge in [0, 0.05) is 26.9 Å². The second-order valence-electron chi connectivity index (χ2n) is 3.42. The van der Waals surface area contributed by atoms with E-state index in [1.165, 1.54) is 0 Å². The smallest absolute Gasteiger partial charge is 0.0700 e. The number of hydrogen-bond donors (Lipinski definition) is 1. The van der Waals surface area contributed by atoms with E-state index in [1.54, 1.807) is 7.11 Å². The van der Waals surface area contributed by atoms with E-state index in [9.17, 15) is 0 Å². The molecule has 0 amide bonds. The molecule has 0 aliphatic rings. The molecule has 0 saturated heterocycles. The summed E-state index contributed by atoms with van der Waals surface area (Å²) in [5.41, 5.74) is 0. The van der Waals surface area contributed by atoms with E-state index in [2.05, 4.69) is 12.2 Å². The van der Waals surface area contributed by atoms with Gasteiger partial charge in [-0.1, -0.05) is 6.92 Å². The normalized spacial score (nSPS) is 13.0. The lowest BCUT2D eigenvalue weighted by atomic mass is 10.3. The molecule has 92 valence electrons. The minimum Gasteiger partial charge on any atom is -0.382 e. The van der Waals surface area contributed by atoms with Crippen LogP contribution < -0.4 is 5.32 Å². The largest absolute Gasteiger partial charge is 0.382 e. The second kappa shape index (κ2) is 11.9. The highest BCUT2D eigenvalue weighted by molar-refractivity contribution is 4.56. The van der Waals surface area contributed by atoms with E-state index in [4.69, 9.17) is 14.2 Å². The van der Waals surface area contributed by atoms with E-state index in [1.807, 2.05) is 7.05 Å². The number of likely N-dealkylation sites (N-methyl/N-ethyl adjacent to an activating group) is 1. The molecule has 0 heterocycles. The topological polar surface area (TPSA) is 39.7 Å². The van der Waals surface area contributed by atoms with Gasteiger partial charge in [0.25, 0.3) is 0 Å². The van der Waals surface area contributed by atoms with Gasteiger partial charge in [0.05, 0.1) is 19.3 Å². The van der Waals surface area contributed by atoms with Crippen molar-refractivity contribution in [1.82, 2.24) is 5.32 Å². The SMILES string of the molecule is CCC(CNC)OCCCOCCOC. The molecule has 0 aromatic heterocycles. The lowest BCUT2D eigenvalue weighted by molar-refractivity contribution is 0.0231. The molecule has 15 heavy (non-hydrogen) atoms. The highest BCUT2D eigenvalue weighted by atomic mass is 16.5. The van der Waals surface area contributed by atoms with Crippen molar-refractivity contribution in [2.24, 2.45) is 0 Å². The van der Waals surface area contributed by atoms with Crippen LogP contribution in [0.2, 0.25) is 0 Å². The zero-order valence-electron chi connectivity index (χ0n) is 10.3. The van der Waals surface area contributed by atoms with Crippen molar-refractivity contribution in [2.75, 3.05) is 47.1 Å². The van der Waals surface area contributed by atoms with E-state index in [0.29, 0.717) is 19.3 Å². The fourth-order valence-corrected chi connectivity index (χ4v) is 1.20. The van der Waals surface area contributed by atoms with Gasteiger partial charge in [0.15, 0.2) is 0 Å². The first-order chi connectivity index (χ1) is 7.35. The number of nitrogens with one attached hydrogen (secondary N) is 1. The van der Waals surface area contributed by atoms with Gasteiger partial charge >= 0.3 is 0 Å². The van der Waals surface area contributed by atoms with E-state index < -0.39 is 0 Å². The van der Waals surface area contributed by atoms with Crippen molar-refractivity contribution in [2.45, 2.75) is 25.9 Å². The molecular weight excluding hydrogens is 194 g/mol. The summed E-state index contributed by atoms with van der Waals surface area (Å²) in [5.74, 6) is 0. The Balaban J connectivity index is 3.14. The third-order valence-corrected chi connectivity index (χ3v) is 2.11. The molecule has 0 aliphatic heterocycles. The number of methoxy groups -OCH3 is 1. The number of hydrogen-bond acceptors (Lipinski definition) is 4. The molecular formula is C11H25NO3. The predicted octanol–water partition coefficient (Wildman–Crippen LogP) is 1.05. The summed E-state index contributed by atoms with van der Waals surface area (Å²) in [4.78, 5) is 0. The molecule has 0 spiro atoms. The summed E-state index contributed by atoms with van der Waals surface area (Å²) in [7, 11) is 3.62. The average molecular weight is 219 g/mol. The van der Waals surface area contributed by atoms with E-state index in [-0.39, 0.29) is 0 Å². The van der Waals surface area contributed by atoms with Gasteiger partial charge in [-0.3, -0.25) is 0 Å². The Hall–Kier alpha value is -0.160. The van der Waals surface area contributed by atoms with Crippen molar-refractivity contribution < 1.29 is 14.2 Å². The summed E-state index contributed by atoms with van der Waals surface area (Å²) >= 11 is 0. The maximum atomic E-state index is 5.66. The third kappa shape index (κ3) is 10.1. The van der Waals surface area contributed by atoms with E-state index >= 15 is 0 Å². The number of rotatable bonds is 11. The summed E-state index contributed by atoms with van der Waals surface area (Å²) in [6, 6.07) is 0. The molecule has 0 rings (SSSR count). The molecule has 0 aromatic carbocycles. The Kier molecular flexibility index (Phi) is 11.8. The van der Waals surface area contributed by atoms with Gasteiger partial charge in [0.1, 0.15) is 0 Å². The Labute approximate surface area is 93.3 Å². The first-order valence-electron chi connectivity index (χ1n) is 5.68. The van der Waals surface area contributed by atoms with Gasteiger partial charge < -0.3 is 19.5 Å². The Morgan fingerprint density at radius 3 is 2.53 bits per heavy atom. The Morgan fingerprint density at radius 2 is 1.93 bits per heavy atom. The van der Waals surface area contributed by atoms with Crippen LogP contribution >= 0.6 is 0 Å². The Bertz CT molecular complexity index is 122. The highest BCUT2D eigenvalue weighted by Gasteiger charge is 2.03. The van der Waals surface area contributed by atoms with Gasteiger partial charge in [-0.15, -0.1) is 0 Å². The maximum absolute atomic E-state index is 5.66. The fourth-order valence-electron chi connectivity index (χ4n) is 1.20. The van der Waals surface area contributed by atoms with Crippen LogP contribution in [-0.2, 0) is 14.2 Å². The minimum absolute atomic E-state index is 0.328. The molecule has 0 bridgehead atoms. The van der Waals surface area contributed by atoms with Crippen LogP contribution in [0.15, 0.2) is 0 Å². The standard InChI is InChI=1S/C11H25NO3/c1-4-11(10-12-2)15-7-5-6-14-9-8-13-3/h11-12H,4-10H2,1-3H3. The summed E-state index contributed by atoms with van der Waals surface area (Å²) in [6.45, 7) is 5.91. The van der Waals surface area contributed by atoms with Crippen LogP contribution in [0.4, 0.5) is 0 Å². The van der Waals surface area contributed by atoms with Crippen LogP contribution in [0.5, 0.6) is 0 Å². The van der Waals surface area contributed by atoms with Crippen LogP contribution in [-0.4, -0.2) is 53.2 Å². The van der Waals surface area contributed by atoms with Crippen molar-refractivity contribution >= 4 is 0 Å². The summed E-state index contributed by atoms with van der Waals surface area (Å²) < 4.78 is 15.9. The molecule has 0 aliphatic carbocycles. The number of ether oxygens (including phenoxy) is 3. The highest BCUT2D eigenvalue weighted by Crippen LogP contribution is 1.97. The van der Waals surface area contributed by atoms with Crippen LogP contribution in [0, 0.1) is 0 Å². The quantitative estimate of drug-likeness (QED) is 0.527. The Morgan fingerprint density at radius 1 is 1.13 bits per heavy atom. The van der Waals surface area contributed by atoms with Gasteiger partial charge in [-0.25, -0.2) is 0 Å². The van der Waals surface area contributed by atoms with Crippen molar-refractivity contribution in [1.29, 1.82) is 0 Å². The zero-order valence-corrected chi connectivity index (χ0v) is 10.3. The van der Waals surface area contributed by atoms with E-state index in [0.717, 1.165) is 32.6 Å². The van der Waals surface area contributed by atoms with Crippen molar-refractivity contribution in [3.8, 4) is 0 Å². The molecule has 0 fully saturated rings. The summed E-state index contributed by atoms with van der Waals surface area (Å²) in [6.07, 6.45) is 2.32. The maximum Gasteiger partial charge on any atom is 0.0700 e. The summed E-state index contributed by atoms with van der Waals surface area (Å²) in [5, 5.41) is 3.11. The molecule has 1 atom stereocenters. The van der Waals surface area contributed by atoms with Crippen LogP contribution in [0.25, 0.3) is 0 Å². The molecule has 1 unspecified atom stereocenters. The fraction of sp³-hybridized carbons (Fsp3) is 1.00. The van der Waals surface area contributed by atoms with Crippen LogP contribution in [0.1, 0.15) is 19.8 Å². The van der Waals surface area contributed by atoms with Crippen LogP contribution in [0.3, 0.4) is 0 Å². The van der Waals surface area contributed by atoms with Gasteiger partial charge in [0.2, 0.25) is 0 Å². The predicted molar refractivity (Wildman–Crippen MR) is 61.3 cm³/mol. The molecule has 0 radical (unpaired) electrons. The average Bonchev–Trinajstić information content (AvgIpc) is 2.26. The lowest BCUT2D eigenvalue weighted by Gasteiger charge is -2.15. The zero-order chi connectivity index (χ0) is 11.4. The first kappa shape index (κ1) is 14.8.